The van der Waals surface area contributed by atoms with Crippen LogP contribution in [0.25, 0.3) is 0 Å². The fourth-order valence-corrected chi connectivity index (χ4v) is 5.25. The Morgan fingerprint density at radius 3 is 2.35 bits per heavy atom. The Bertz CT molecular complexity index is 430. The molecule has 3 fully saturated rings. The van der Waals surface area contributed by atoms with Crippen LogP contribution in [0.4, 0.5) is 0 Å². The largest absolute Gasteiger partial charge is 0.314 e. The average molecular weight is 302 g/mol. The molecule has 0 radical (unpaired) electrons. The lowest BCUT2D eigenvalue weighted by Gasteiger charge is -2.47. The van der Waals surface area contributed by atoms with Gasteiger partial charge in [-0.2, -0.15) is 17.0 Å². The van der Waals surface area contributed by atoms with E-state index in [9.17, 15) is 8.42 Å². The molecule has 3 saturated heterocycles. The van der Waals surface area contributed by atoms with E-state index in [2.05, 4.69) is 17.1 Å². The summed E-state index contributed by atoms with van der Waals surface area (Å²) < 4.78 is 28.5. The van der Waals surface area contributed by atoms with Crippen molar-refractivity contribution in [2.75, 3.05) is 52.4 Å². The molecule has 6 nitrogen and oxygen atoms in total. The fourth-order valence-electron chi connectivity index (χ4n) is 3.40. The second-order valence-electron chi connectivity index (χ2n) is 6.37. The van der Waals surface area contributed by atoms with E-state index in [1.54, 1.807) is 8.61 Å². The summed E-state index contributed by atoms with van der Waals surface area (Å²) in [6, 6.07) is 0.425. The molecule has 0 bridgehead atoms. The van der Waals surface area contributed by atoms with Crippen LogP contribution in [0.1, 0.15) is 19.8 Å². The smallest absolute Gasteiger partial charge is 0.282 e. The lowest BCUT2D eigenvalue weighted by atomic mass is 10.0. The van der Waals surface area contributed by atoms with Gasteiger partial charge in [0.05, 0.1) is 0 Å². The van der Waals surface area contributed by atoms with Crippen molar-refractivity contribution in [2.45, 2.75) is 25.8 Å². The lowest BCUT2D eigenvalue weighted by Crippen LogP contribution is -2.66. The summed E-state index contributed by atoms with van der Waals surface area (Å²) in [5.41, 5.74) is 0. The van der Waals surface area contributed by atoms with Crippen LogP contribution in [0.15, 0.2) is 0 Å². The van der Waals surface area contributed by atoms with Gasteiger partial charge in [-0.15, -0.1) is 0 Å². The van der Waals surface area contributed by atoms with Gasteiger partial charge in [0.1, 0.15) is 0 Å². The molecule has 0 aromatic carbocycles. The van der Waals surface area contributed by atoms with Crippen LogP contribution in [0, 0.1) is 5.92 Å². The molecule has 20 heavy (non-hydrogen) atoms. The first-order valence-electron chi connectivity index (χ1n) is 7.77. The van der Waals surface area contributed by atoms with E-state index < -0.39 is 10.2 Å². The van der Waals surface area contributed by atoms with Gasteiger partial charge in [0.15, 0.2) is 0 Å². The van der Waals surface area contributed by atoms with Gasteiger partial charge in [0.25, 0.3) is 10.2 Å². The predicted molar refractivity (Wildman–Crippen MR) is 78.7 cm³/mol. The zero-order chi connectivity index (χ0) is 14.2. The maximum Gasteiger partial charge on any atom is 0.282 e. The normalized spacial score (nSPS) is 32.1. The molecule has 3 heterocycles. The van der Waals surface area contributed by atoms with Crippen molar-refractivity contribution in [3.63, 3.8) is 0 Å². The van der Waals surface area contributed by atoms with Crippen LogP contribution in [0.3, 0.4) is 0 Å². The Morgan fingerprint density at radius 1 is 1.00 bits per heavy atom. The molecule has 0 saturated carbocycles. The van der Waals surface area contributed by atoms with Crippen LogP contribution < -0.4 is 5.32 Å². The van der Waals surface area contributed by atoms with Crippen molar-refractivity contribution in [3.8, 4) is 0 Å². The molecule has 3 aliphatic rings. The summed E-state index contributed by atoms with van der Waals surface area (Å²) in [5, 5.41) is 3.33. The Labute approximate surface area is 122 Å². The molecule has 1 unspecified atom stereocenters. The zero-order valence-corrected chi connectivity index (χ0v) is 13.1. The highest BCUT2D eigenvalue weighted by molar-refractivity contribution is 7.86. The van der Waals surface area contributed by atoms with E-state index in [1.165, 1.54) is 0 Å². The highest BCUT2D eigenvalue weighted by Gasteiger charge is 2.42. The summed E-state index contributed by atoms with van der Waals surface area (Å²) >= 11 is 0. The molecular weight excluding hydrogens is 276 g/mol. The first kappa shape index (κ1) is 14.7. The summed E-state index contributed by atoms with van der Waals surface area (Å²) in [5.74, 6) is 0.490. The monoisotopic (exact) mass is 302 g/mol. The third-order valence-corrected chi connectivity index (χ3v) is 6.70. The minimum absolute atomic E-state index is 0.425. The number of piperazine rings is 1. The van der Waals surface area contributed by atoms with E-state index >= 15 is 0 Å². The van der Waals surface area contributed by atoms with E-state index in [1.807, 2.05) is 0 Å². The number of hydrogen-bond donors (Lipinski definition) is 1. The maximum absolute atomic E-state index is 12.6. The molecule has 0 amide bonds. The summed E-state index contributed by atoms with van der Waals surface area (Å²) in [4.78, 5) is 2.42. The molecule has 3 aliphatic heterocycles. The topological polar surface area (TPSA) is 55.9 Å². The van der Waals surface area contributed by atoms with Gasteiger partial charge in [0.2, 0.25) is 0 Å². The Balaban J connectivity index is 1.55. The Hall–Kier alpha value is -0.210. The maximum atomic E-state index is 12.6. The van der Waals surface area contributed by atoms with Gasteiger partial charge in [-0.05, 0) is 18.8 Å². The van der Waals surface area contributed by atoms with Gasteiger partial charge < -0.3 is 5.32 Å². The van der Waals surface area contributed by atoms with Gasteiger partial charge >= 0.3 is 0 Å². The third kappa shape index (κ3) is 2.87. The van der Waals surface area contributed by atoms with Crippen LogP contribution in [-0.2, 0) is 10.2 Å². The van der Waals surface area contributed by atoms with Crippen LogP contribution in [-0.4, -0.2) is 80.3 Å². The van der Waals surface area contributed by atoms with Crippen molar-refractivity contribution < 1.29 is 8.42 Å². The average Bonchev–Trinajstić information content (AvgIpc) is 2.38. The minimum atomic E-state index is -3.21. The molecule has 0 aliphatic carbocycles. The highest BCUT2D eigenvalue weighted by Crippen LogP contribution is 2.25. The second kappa shape index (κ2) is 5.88. The van der Waals surface area contributed by atoms with Crippen LogP contribution >= 0.6 is 0 Å². The van der Waals surface area contributed by atoms with E-state index in [-0.39, 0.29) is 0 Å². The molecule has 116 valence electrons. The summed E-state index contributed by atoms with van der Waals surface area (Å²) in [6.07, 6.45) is 2.14. The van der Waals surface area contributed by atoms with Crippen LogP contribution in [0.5, 0.6) is 0 Å². The number of hydrogen-bond acceptors (Lipinski definition) is 4. The zero-order valence-electron chi connectivity index (χ0n) is 12.3. The SMILES string of the molecule is CC1CCCN(S(=O)(=O)N2CC(N3CCNCC3)C2)C1. The number of nitrogens with zero attached hydrogens (tertiary/aromatic N) is 3. The lowest BCUT2D eigenvalue weighted by molar-refractivity contribution is 0.0717. The molecule has 7 heteroatoms. The summed E-state index contributed by atoms with van der Waals surface area (Å²) in [6.45, 7) is 9.00. The van der Waals surface area contributed by atoms with E-state index in [0.717, 1.165) is 39.0 Å². The van der Waals surface area contributed by atoms with Crippen molar-refractivity contribution in [1.82, 2.24) is 18.8 Å². The molecule has 0 spiro atoms. The second-order valence-corrected chi connectivity index (χ2v) is 8.30. The first-order valence-corrected chi connectivity index (χ1v) is 9.17. The van der Waals surface area contributed by atoms with Crippen molar-refractivity contribution >= 4 is 10.2 Å². The third-order valence-electron chi connectivity index (χ3n) is 4.77. The number of nitrogens with one attached hydrogen (secondary N) is 1. The highest BCUT2D eigenvalue weighted by atomic mass is 32.2. The van der Waals surface area contributed by atoms with E-state index in [0.29, 0.717) is 38.1 Å². The van der Waals surface area contributed by atoms with Crippen molar-refractivity contribution in [1.29, 1.82) is 0 Å². The molecule has 0 aromatic heterocycles. The predicted octanol–water partition coefficient (Wildman–Crippen LogP) is -0.447. The van der Waals surface area contributed by atoms with Crippen molar-refractivity contribution in [3.05, 3.63) is 0 Å². The first-order chi connectivity index (χ1) is 9.57. The van der Waals surface area contributed by atoms with Crippen molar-refractivity contribution in [2.24, 2.45) is 5.92 Å². The number of rotatable bonds is 3. The molecule has 0 aromatic rings. The molecule has 3 rings (SSSR count). The minimum Gasteiger partial charge on any atom is -0.314 e. The van der Waals surface area contributed by atoms with Crippen LogP contribution in [0.2, 0.25) is 0 Å². The quantitative estimate of drug-likeness (QED) is 0.767. The molecular formula is C13H26N4O2S. The Kier molecular flexibility index (Phi) is 4.33. The summed E-state index contributed by atoms with van der Waals surface area (Å²) in [7, 11) is -3.21. The standard InChI is InChI=1S/C13H26N4O2S/c1-12-3-2-6-16(9-12)20(18,19)17-10-13(11-17)15-7-4-14-5-8-15/h12-14H,2-11H2,1H3. The molecule has 1 atom stereocenters. The molecule has 1 N–H and O–H groups in total. The Morgan fingerprint density at radius 2 is 1.70 bits per heavy atom. The fraction of sp³-hybridized carbons (Fsp3) is 1.00. The number of piperidine rings is 1. The van der Waals surface area contributed by atoms with E-state index in [4.69, 9.17) is 0 Å². The van der Waals surface area contributed by atoms with Gasteiger partial charge in [-0.1, -0.05) is 6.92 Å². The van der Waals surface area contributed by atoms with Gasteiger partial charge in [-0.3, -0.25) is 4.90 Å². The van der Waals surface area contributed by atoms with Gasteiger partial charge in [0, 0.05) is 58.4 Å². The van der Waals surface area contributed by atoms with Gasteiger partial charge in [-0.25, -0.2) is 0 Å².